The molecule has 1 aromatic rings. The SMILES string of the molecule is CCCCCCCCOC(=O)c1ccccc1C(=O)OCC(Cl)Cl. The molecule has 0 aliphatic carbocycles. The van der Waals surface area contributed by atoms with Gasteiger partial charge < -0.3 is 9.47 Å². The van der Waals surface area contributed by atoms with Gasteiger partial charge in [0.05, 0.1) is 17.7 Å². The highest BCUT2D eigenvalue weighted by molar-refractivity contribution is 6.44. The van der Waals surface area contributed by atoms with Crippen LogP contribution >= 0.6 is 23.2 Å². The highest BCUT2D eigenvalue weighted by Gasteiger charge is 2.19. The van der Waals surface area contributed by atoms with Gasteiger partial charge in [-0.15, -0.1) is 23.2 Å². The van der Waals surface area contributed by atoms with Crippen LogP contribution in [0.25, 0.3) is 0 Å². The Morgan fingerprint density at radius 2 is 1.46 bits per heavy atom. The van der Waals surface area contributed by atoms with Crippen molar-refractivity contribution in [1.29, 1.82) is 0 Å². The summed E-state index contributed by atoms with van der Waals surface area (Å²) >= 11 is 11.1. The van der Waals surface area contributed by atoms with Gasteiger partial charge in [-0.1, -0.05) is 51.2 Å². The lowest BCUT2D eigenvalue weighted by Gasteiger charge is -2.10. The van der Waals surface area contributed by atoms with Crippen LogP contribution in [0.2, 0.25) is 0 Å². The van der Waals surface area contributed by atoms with E-state index in [1.165, 1.54) is 25.3 Å². The maximum absolute atomic E-state index is 12.2. The van der Waals surface area contributed by atoms with Gasteiger partial charge in [-0.3, -0.25) is 0 Å². The molecule has 0 radical (unpaired) electrons. The van der Waals surface area contributed by atoms with Gasteiger partial charge in [0.2, 0.25) is 0 Å². The molecule has 0 aliphatic rings. The molecule has 6 heteroatoms. The summed E-state index contributed by atoms with van der Waals surface area (Å²) in [5.41, 5.74) is 0.341. The molecule has 0 aliphatic heterocycles. The zero-order chi connectivity index (χ0) is 17.8. The van der Waals surface area contributed by atoms with E-state index in [9.17, 15) is 9.59 Å². The minimum Gasteiger partial charge on any atom is -0.462 e. The molecule has 0 atom stereocenters. The van der Waals surface area contributed by atoms with Crippen molar-refractivity contribution in [2.45, 2.75) is 50.3 Å². The maximum atomic E-state index is 12.2. The second kappa shape index (κ2) is 12.2. The van der Waals surface area contributed by atoms with Gasteiger partial charge in [-0.25, -0.2) is 9.59 Å². The van der Waals surface area contributed by atoms with Crippen LogP contribution in [0, 0.1) is 0 Å². The van der Waals surface area contributed by atoms with Gasteiger partial charge >= 0.3 is 11.9 Å². The monoisotopic (exact) mass is 374 g/mol. The molecule has 0 fully saturated rings. The van der Waals surface area contributed by atoms with Crippen LogP contribution in [-0.2, 0) is 9.47 Å². The second-order valence-electron chi connectivity index (χ2n) is 5.44. The first-order valence-electron chi connectivity index (χ1n) is 8.27. The second-order valence-corrected chi connectivity index (χ2v) is 6.72. The summed E-state index contributed by atoms with van der Waals surface area (Å²) in [6.07, 6.45) is 6.65. The van der Waals surface area contributed by atoms with E-state index in [4.69, 9.17) is 32.7 Å². The average Bonchev–Trinajstić information content (AvgIpc) is 2.58. The third kappa shape index (κ3) is 8.02. The van der Waals surface area contributed by atoms with Gasteiger partial charge in [-0.2, -0.15) is 0 Å². The first kappa shape index (κ1) is 20.8. The normalized spacial score (nSPS) is 10.7. The van der Waals surface area contributed by atoms with Crippen LogP contribution in [0.4, 0.5) is 0 Å². The summed E-state index contributed by atoms with van der Waals surface area (Å²) in [6.45, 7) is 2.38. The van der Waals surface area contributed by atoms with Crippen LogP contribution in [-0.4, -0.2) is 30.0 Å². The average molecular weight is 375 g/mol. The Morgan fingerprint density at radius 3 is 2.04 bits per heavy atom. The first-order valence-corrected chi connectivity index (χ1v) is 9.15. The molecule has 24 heavy (non-hydrogen) atoms. The molecule has 0 saturated heterocycles. The number of rotatable bonds is 11. The summed E-state index contributed by atoms with van der Waals surface area (Å²) in [7, 11) is 0. The number of hydrogen-bond donors (Lipinski definition) is 0. The number of hydrogen-bond acceptors (Lipinski definition) is 4. The van der Waals surface area contributed by atoms with Crippen LogP contribution < -0.4 is 0 Å². The zero-order valence-electron chi connectivity index (χ0n) is 13.9. The van der Waals surface area contributed by atoms with E-state index in [-0.39, 0.29) is 17.7 Å². The van der Waals surface area contributed by atoms with E-state index in [0.29, 0.717) is 6.61 Å². The highest BCUT2D eigenvalue weighted by Crippen LogP contribution is 2.14. The number of benzene rings is 1. The Labute approximate surface area is 153 Å². The van der Waals surface area contributed by atoms with E-state index in [0.717, 1.165) is 19.3 Å². The number of carbonyl (C=O) groups is 2. The van der Waals surface area contributed by atoms with Crippen LogP contribution in [0.15, 0.2) is 24.3 Å². The molecule has 1 rings (SSSR count). The molecular formula is C18H24Cl2O4. The molecule has 0 N–H and O–H groups in total. The molecule has 0 spiro atoms. The third-order valence-electron chi connectivity index (χ3n) is 3.44. The summed E-state index contributed by atoms with van der Waals surface area (Å²) in [5.74, 6) is -1.17. The van der Waals surface area contributed by atoms with Crippen LogP contribution in [0.1, 0.15) is 66.2 Å². The zero-order valence-corrected chi connectivity index (χ0v) is 15.4. The quantitative estimate of drug-likeness (QED) is 0.304. The number of alkyl halides is 2. The Balaban J connectivity index is 2.48. The fourth-order valence-electron chi connectivity index (χ4n) is 2.18. The summed E-state index contributed by atoms with van der Waals surface area (Å²) in [5, 5.41) is 0. The van der Waals surface area contributed by atoms with E-state index in [1.807, 2.05) is 0 Å². The number of ether oxygens (including phenoxy) is 2. The van der Waals surface area contributed by atoms with Gasteiger partial charge in [0.25, 0.3) is 0 Å². The molecule has 4 nitrogen and oxygen atoms in total. The number of halogens is 2. The fraction of sp³-hybridized carbons (Fsp3) is 0.556. The maximum Gasteiger partial charge on any atom is 0.339 e. The lowest BCUT2D eigenvalue weighted by atomic mass is 10.1. The van der Waals surface area contributed by atoms with Crippen molar-refractivity contribution in [3.8, 4) is 0 Å². The van der Waals surface area contributed by atoms with Crippen molar-refractivity contribution in [3.05, 3.63) is 35.4 Å². The van der Waals surface area contributed by atoms with Gasteiger partial charge in [-0.05, 0) is 18.6 Å². The molecule has 134 valence electrons. The van der Waals surface area contributed by atoms with Crippen molar-refractivity contribution < 1.29 is 19.1 Å². The van der Waals surface area contributed by atoms with E-state index < -0.39 is 16.8 Å². The summed E-state index contributed by atoms with van der Waals surface area (Å²) in [4.78, 5) is 23.4. The lowest BCUT2D eigenvalue weighted by Crippen LogP contribution is -2.16. The summed E-state index contributed by atoms with van der Waals surface area (Å²) < 4.78 is 10.2. The van der Waals surface area contributed by atoms with E-state index >= 15 is 0 Å². The molecule has 0 saturated carbocycles. The number of esters is 2. The number of carbonyl (C=O) groups excluding carboxylic acids is 2. The highest BCUT2D eigenvalue weighted by atomic mass is 35.5. The molecule has 0 bridgehead atoms. The topological polar surface area (TPSA) is 52.6 Å². The fourth-order valence-corrected chi connectivity index (χ4v) is 2.31. The van der Waals surface area contributed by atoms with Crippen molar-refractivity contribution in [2.75, 3.05) is 13.2 Å². The van der Waals surface area contributed by atoms with Crippen LogP contribution in [0.3, 0.4) is 0 Å². The predicted molar refractivity (Wildman–Crippen MR) is 95.9 cm³/mol. The Hall–Kier alpha value is -1.26. The minimum absolute atomic E-state index is 0.136. The van der Waals surface area contributed by atoms with Crippen LogP contribution in [0.5, 0.6) is 0 Å². The largest absolute Gasteiger partial charge is 0.462 e. The van der Waals surface area contributed by atoms with Gasteiger partial charge in [0.1, 0.15) is 11.4 Å². The Kier molecular flexibility index (Phi) is 10.5. The molecule has 0 aromatic heterocycles. The number of unbranched alkanes of at least 4 members (excludes halogenated alkanes) is 5. The molecule has 0 unspecified atom stereocenters. The molecule has 1 aromatic carbocycles. The first-order chi connectivity index (χ1) is 11.6. The molecule has 0 amide bonds. The predicted octanol–water partition coefficient (Wildman–Crippen LogP) is 5.16. The van der Waals surface area contributed by atoms with Gasteiger partial charge in [0.15, 0.2) is 0 Å². The third-order valence-corrected chi connectivity index (χ3v) is 3.69. The molecular weight excluding hydrogens is 351 g/mol. The minimum atomic E-state index is -0.805. The van der Waals surface area contributed by atoms with Crippen molar-refractivity contribution in [3.63, 3.8) is 0 Å². The van der Waals surface area contributed by atoms with Gasteiger partial charge in [0, 0.05) is 0 Å². The van der Waals surface area contributed by atoms with E-state index in [2.05, 4.69) is 6.92 Å². The smallest absolute Gasteiger partial charge is 0.339 e. The van der Waals surface area contributed by atoms with Crippen molar-refractivity contribution in [1.82, 2.24) is 0 Å². The lowest BCUT2D eigenvalue weighted by molar-refractivity contribution is 0.0460. The molecule has 0 heterocycles. The van der Waals surface area contributed by atoms with E-state index in [1.54, 1.807) is 18.2 Å². The van der Waals surface area contributed by atoms with Crippen molar-refractivity contribution in [2.24, 2.45) is 0 Å². The Morgan fingerprint density at radius 1 is 0.917 bits per heavy atom. The van der Waals surface area contributed by atoms with Crippen molar-refractivity contribution >= 4 is 35.1 Å². The summed E-state index contributed by atoms with van der Waals surface area (Å²) in [6, 6.07) is 6.38. The standard InChI is InChI=1S/C18H24Cl2O4/c1-2-3-4-5-6-9-12-23-17(21)14-10-7-8-11-15(14)18(22)24-13-16(19)20/h7-8,10-11,16H,2-6,9,12-13H2,1H3. The Bertz CT molecular complexity index is 517.